The van der Waals surface area contributed by atoms with Crippen LogP contribution in [0.15, 0.2) is 0 Å². The lowest BCUT2D eigenvalue weighted by molar-refractivity contribution is 0.441. The first-order valence-electron chi connectivity index (χ1n) is 5.16. The van der Waals surface area contributed by atoms with Crippen molar-refractivity contribution in [3.05, 3.63) is 0 Å². The molecule has 0 fully saturated rings. The lowest BCUT2D eigenvalue weighted by Gasteiger charge is -2.23. The maximum atomic E-state index is 8.47. The third-order valence-corrected chi connectivity index (χ3v) is 2.37. The second-order valence-corrected chi connectivity index (χ2v) is 3.46. The molecule has 0 bridgehead atoms. The molecule has 80 valence electrons. The molecule has 0 aliphatic rings. The molecule has 0 heterocycles. The van der Waals surface area contributed by atoms with E-state index in [9.17, 15) is 0 Å². The van der Waals surface area contributed by atoms with Gasteiger partial charge in [0, 0.05) is 19.6 Å². The quantitative estimate of drug-likeness (QED) is 0.540. The number of rotatable bonds is 6. The van der Waals surface area contributed by atoms with E-state index in [1.807, 2.05) is 11.8 Å². The molecule has 3 nitrogen and oxygen atoms in total. The van der Waals surface area contributed by atoms with Crippen molar-refractivity contribution in [3.63, 3.8) is 0 Å². The summed E-state index contributed by atoms with van der Waals surface area (Å²) in [6.07, 6.45) is 2.83. The van der Waals surface area contributed by atoms with Crippen LogP contribution < -0.4 is 5.32 Å². The molecule has 0 aliphatic carbocycles. The highest BCUT2D eigenvalue weighted by Crippen LogP contribution is 1.93. The van der Waals surface area contributed by atoms with E-state index >= 15 is 0 Å². The second kappa shape index (κ2) is 8.76. The third kappa shape index (κ3) is 5.76. The van der Waals surface area contributed by atoms with E-state index in [1.165, 1.54) is 6.42 Å². The minimum absolute atomic E-state index is 0.531. The smallest absolute Gasteiger partial charge is 0.168 e. The molecule has 14 heavy (non-hydrogen) atoms. The Hall–Kier alpha value is -0.820. The van der Waals surface area contributed by atoms with Gasteiger partial charge in [0.2, 0.25) is 0 Å². The van der Waals surface area contributed by atoms with E-state index in [0.717, 1.165) is 31.2 Å². The van der Waals surface area contributed by atoms with Gasteiger partial charge in [-0.15, -0.1) is 0 Å². The summed E-state index contributed by atoms with van der Waals surface area (Å²) in [6.45, 7) is 6.71. The zero-order valence-electron chi connectivity index (χ0n) is 9.05. The maximum absolute atomic E-state index is 8.47. The van der Waals surface area contributed by atoms with Crippen molar-refractivity contribution in [3.8, 4) is 6.07 Å². The first-order valence-corrected chi connectivity index (χ1v) is 5.56. The Morgan fingerprint density at radius 3 is 2.71 bits per heavy atom. The normalized spacial score (nSPS) is 9.21. The molecule has 0 aromatic heterocycles. The first kappa shape index (κ1) is 13.2. The number of hydrogen-bond acceptors (Lipinski definition) is 2. The minimum atomic E-state index is 0.531. The fourth-order valence-corrected chi connectivity index (χ4v) is 1.39. The van der Waals surface area contributed by atoms with Crippen LogP contribution in [0.2, 0.25) is 0 Å². The Labute approximate surface area is 92.1 Å². The Kier molecular flexibility index (Phi) is 8.25. The van der Waals surface area contributed by atoms with Crippen molar-refractivity contribution < 1.29 is 0 Å². The van der Waals surface area contributed by atoms with E-state index in [4.69, 9.17) is 17.5 Å². The molecule has 0 aromatic rings. The van der Waals surface area contributed by atoms with Gasteiger partial charge in [0.15, 0.2) is 5.11 Å². The topological polar surface area (TPSA) is 39.1 Å². The standard InChI is InChI=1S/C10H19N3S/c1-3-5-8-12-10(14)13(4-2)9-6-7-11/h3-6,8-9H2,1-2H3,(H,12,14). The van der Waals surface area contributed by atoms with Gasteiger partial charge in [-0.2, -0.15) is 5.26 Å². The van der Waals surface area contributed by atoms with Crippen LogP contribution in [0.25, 0.3) is 0 Å². The van der Waals surface area contributed by atoms with E-state index in [2.05, 4.69) is 18.3 Å². The Morgan fingerprint density at radius 2 is 2.21 bits per heavy atom. The third-order valence-electron chi connectivity index (χ3n) is 1.97. The summed E-state index contributed by atoms with van der Waals surface area (Å²) < 4.78 is 0. The van der Waals surface area contributed by atoms with Gasteiger partial charge in [0.25, 0.3) is 0 Å². The van der Waals surface area contributed by atoms with Crippen molar-refractivity contribution in [1.82, 2.24) is 10.2 Å². The summed E-state index contributed by atoms with van der Waals surface area (Å²) in [4.78, 5) is 2.02. The molecule has 0 unspecified atom stereocenters. The zero-order valence-corrected chi connectivity index (χ0v) is 9.86. The molecular formula is C10H19N3S. The van der Waals surface area contributed by atoms with Crippen molar-refractivity contribution in [2.24, 2.45) is 0 Å². The lowest BCUT2D eigenvalue weighted by Crippen LogP contribution is -2.40. The van der Waals surface area contributed by atoms with E-state index in [0.29, 0.717) is 6.42 Å². The van der Waals surface area contributed by atoms with Gasteiger partial charge in [-0.25, -0.2) is 0 Å². The molecule has 0 radical (unpaired) electrons. The molecule has 0 saturated carbocycles. The van der Waals surface area contributed by atoms with Crippen LogP contribution in [-0.2, 0) is 0 Å². The summed E-state index contributed by atoms with van der Waals surface area (Å²) >= 11 is 5.21. The Bertz CT molecular complexity index is 198. The number of nitriles is 1. The summed E-state index contributed by atoms with van der Waals surface area (Å²) in [5, 5.41) is 12.4. The molecule has 0 aliphatic heterocycles. The molecule has 0 rings (SSSR count). The van der Waals surface area contributed by atoms with E-state index < -0.39 is 0 Å². The van der Waals surface area contributed by atoms with E-state index in [1.54, 1.807) is 0 Å². The Morgan fingerprint density at radius 1 is 1.50 bits per heavy atom. The number of nitrogens with zero attached hydrogens (tertiary/aromatic N) is 2. The highest BCUT2D eigenvalue weighted by Gasteiger charge is 2.05. The largest absolute Gasteiger partial charge is 0.363 e. The average Bonchev–Trinajstić information content (AvgIpc) is 2.19. The van der Waals surface area contributed by atoms with Gasteiger partial charge in [-0.3, -0.25) is 0 Å². The van der Waals surface area contributed by atoms with E-state index in [-0.39, 0.29) is 0 Å². The van der Waals surface area contributed by atoms with Crippen molar-refractivity contribution in [1.29, 1.82) is 5.26 Å². The molecular weight excluding hydrogens is 194 g/mol. The Balaban J connectivity index is 3.74. The molecule has 0 spiro atoms. The van der Waals surface area contributed by atoms with Gasteiger partial charge in [0.05, 0.1) is 12.5 Å². The first-order chi connectivity index (χ1) is 6.76. The fourth-order valence-electron chi connectivity index (χ4n) is 1.07. The van der Waals surface area contributed by atoms with Gasteiger partial charge in [0.1, 0.15) is 0 Å². The molecule has 0 saturated heterocycles. The predicted octanol–water partition coefficient (Wildman–Crippen LogP) is 1.90. The predicted molar refractivity (Wildman–Crippen MR) is 63.0 cm³/mol. The van der Waals surface area contributed by atoms with Gasteiger partial charge in [-0.05, 0) is 25.6 Å². The highest BCUT2D eigenvalue weighted by atomic mass is 32.1. The van der Waals surface area contributed by atoms with Gasteiger partial charge < -0.3 is 10.2 Å². The summed E-state index contributed by atoms with van der Waals surface area (Å²) in [6, 6.07) is 2.13. The molecule has 0 aromatic carbocycles. The maximum Gasteiger partial charge on any atom is 0.168 e. The summed E-state index contributed by atoms with van der Waals surface area (Å²) in [5.74, 6) is 0. The number of hydrogen-bond donors (Lipinski definition) is 1. The fraction of sp³-hybridized carbons (Fsp3) is 0.800. The summed E-state index contributed by atoms with van der Waals surface area (Å²) in [5.41, 5.74) is 0. The summed E-state index contributed by atoms with van der Waals surface area (Å²) in [7, 11) is 0. The van der Waals surface area contributed by atoms with Crippen LogP contribution in [0.3, 0.4) is 0 Å². The second-order valence-electron chi connectivity index (χ2n) is 3.07. The van der Waals surface area contributed by atoms with Crippen molar-refractivity contribution in [2.75, 3.05) is 19.6 Å². The molecule has 4 heteroatoms. The number of unbranched alkanes of at least 4 members (excludes halogenated alkanes) is 1. The van der Waals surface area contributed by atoms with Crippen molar-refractivity contribution in [2.45, 2.75) is 33.1 Å². The highest BCUT2D eigenvalue weighted by molar-refractivity contribution is 7.80. The van der Waals surface area contributed by atoms with Crippen LogP contribution >= 0.6 is 12.2 Å². The van der Waals surface area contributed by atoms with Crippen molar-refractivity contribution >= 4 is 17.3 Å². The number of nitrogens with one attached hydrogen (secondary N) is 1. The van der Waals surface area contributed by atoms with Crippen LogP contribution in [-0.4, -0.2) is 29.6 Å². The van der Waals surface area contributed by atoms with Crippen LogP contribution in [0.4, 0.5) is 0 Å². The molecule has 1 N–H and O–H groups in total. The minimum Gasteiger partial charge on any atom is -0.363 e. The van der Waals surface area contributed by atoms with Crippen LogP contribution in [0, 0.1) is 11.3 Å². The monoisotopic (exact) mass is 213 g/mol. The van der Waals surface area contributed by atoms with Crippen LogP contribution in [0.5, 0.6) is 0 Å². The molecule has 0 amide bonds. The SMILES string of the molecule is CCCCNC(=S)N(CC)CCC#N. The lowest BCUT2D eigenvalue weighted by atomic mass is 10.3. The average molecular weight is 213 g/mol. The van der Waals surface area contributed by atoms with Gasteiger partial charge >= 0.3 is 0 Å². The number of thiocarbonyl (C=S) groups is 1. The van der Waals surface area contributed by atoms with Crippen LogP contribution in [0.1, 0.15) is 33.1 Å². The van der Waals surface area contributed by atoms with Gasteiger partial charge in [-0.1, -0.05) is 13.3 Å². The zero-order chi connectivity index (χ0) is 10.8. The molecule has 0 atom stereocenters.